The van der Waals surface area contributed by atoms with Gasteiger partial charge in [0, 0.05) is 18.7 Å². The minimum Gasteiger partial charge on any atom is -0.360 e. The Hall–Kier alpha value is -1.27. The maximum atomic E-state index is 13.0. The Kier molecular flexibility index (Phi) is 6.74. The van der Waals surface area contributed by atoms with Crippen molar-refractivity contribution in [2.75, 3.05) is 26.7 Å². The van der Waals surface area contributed by atoms with Gasteiger partial charge in [0.1, 0.15) is 17.0 Å². The number of halogens is 3. The summed E-state index contributed by atoms with van der Waals surface area (Å²) in [5.41, 5.74) is 1.38. The normalized spacial score (nSPS) is 16.8. The molecule has 1 fully saturated rings. The van der Waals surface area contributed by atoms with Gasteiger partial charge in [-0.15, -0.1) is 12.4 Å². The molecular weight excluding hydrogens is 385 g/mol. The van der Waals surface area contributed by atoms with Gasteiger partial charge in [0.25, 0.3) is 5.91 Å². The molecule has 5 nitrogen and oxygen atoms in total. The number of hydrogen-bond donors (Lipinski definition) is 1. The number of aromatic nitrogens is 1. The Morgan fingerprint density at radius 1 is 1.40 bits per heavy atom. The highest BCUT2D eigenvalue weighted by molar-refractivity contribution is 6.39. The number of carbonyl (C=O) groups excluding carboxylic acids is 1. The summed E-state index contributed by atoms with van der Waals surface area (Å²) in [6.07, 6.45) is 0.985. The second-order valence-corrected chi connectivity index (χ2v) is 6.84. The molecule has 1 N–H and O–H groups in total. The first-order chi connectivity index (χ1) is 11.5. The predicted molar refractivity (Wildman–Crippen MR) is 102 cm³/mol. The molecule has 0 spiro atoms. The Morgan fingerprint density at radius 2 is 2.08 bits per heavy atom. The Bertz CT molecular complexity index is 743. The molecule has 1 aliphatic rings. The highest BCUT2D eigenvalue weighted by atomic mass is 35.5. The number of aryl methyl sites for hydroxylation is 1. The van der Waals surface area contributed by atoms with Crippen molar-refractivity contribution in [3.63, 3.8) is 0 Å². The molecule has 0 radical (unpaired) electrons. The number of benzene rings is 1. The lowest BCUT2D eigenvalue weighted by molar-refractivity contribution is 0.0786. The topological polar surface area (TPSA) is 58.4 Å². The first kappa shape index (κ1) is 20.0. The predicted octanol–water partition coefficient (Wildman–Crippen LogP) is 4.06. The lowest BCUT2D eigenvalue weighted by Crippen LogP contribution is -2.30. The molecule has 25 heavy (non-hydrogen) atoms. The minimum atomic E-state index is -0.0849. The van der Waals surface area contributed by atoms with Crippen LogP contribution in [0.25, 0.3) is 11.3 Å². The number of nitrogens with one attached hydrogen (secondary N) is 1. The number of rotatable bonds is 4. The van der Waals surface area contributed by atoms with Crippen molar-refractivity contribution in [2.45, 2.75) is 13.3 Å². The molecule has 2 heterocycles. The Balaban J connectivity index is 0.00000225. The molecule has 0 aliphatic carbocycles. The second kappa shape index (κ2) is 8.41. The molecule has 0 bridgehead atoms. The minimum absolute atomic E-state index is 0. The van der Waals surface area contributed by atoms with Crippen molar-refractivity contribution >= 4 is 41.5 Å². The highest BCUT2D eigenvalue weighted by Crippen LogP contribution is 2.37. The maximum Gasteiger partial charge on any atom is 0.259 e. The van der Waals surface area contributed by atoms with Crippen LogP contribution in [-0.2, 0) is 0 Å². The van der Waals surface area contributed by atoms with Crippen LogP contribution in [0, 0.1) is 12.8 Å². The number of nitrogens with zero attached hydrogens (tertiary/aromatic N) is 2. The highest BCUT2D eigenvalue weighted by Gasteiger charge is 2.32. The molecule has 136 valence electrons. The van der Waals surface area contributed by atoms with E-state index < -0.39 is 0 Å². The number of carbonyl (C=O) groups is 1. The van der Waals surface area contributed by atoms with E-state index in [9.17, 15) is 4.79 Å². The van der Waals surface area contributed by atoms with Crippen LogP contribution in [0.2, 0.25) is 10.0 Å². The summed E-state index contributed by atoms with van der Waals surface area (Å²) in [6.45, 7) is 4.08. The van der Waals surface area contributed by atoms with Crippen LogP contribution < -0.4 is 5.32 Å². The molecule has 8 heteroatoms. The zero-order valence-corrected chi connectivity index (χ0v) is 16.3. The molecule has 1 unspecified atom stereocenters. The fourth-order valence-corrected chi connectivity index (χ4v) is 3.73. The average molecular weight is 405 g/mol. The van der Waals surface area contributed by atoms with E-state index in [0.29, 0.717) is 38.5 Å². The van der Waals surface area contributed by atoms with E-state index in [1.807, 2.05) is 11.9 Å². The first-order valence-corrected chi connectivity index (χ1v) is 8.63. The van der Waals surface area contributed by atoms with Gasteiger partial charge in [-0.1, -0.05) is 34.4 Å². The van der Waals surface area contributed by atoms with Crippen LogP contribution in [0.5, 0.6) is 0 Å². The van der Waals surface area contributed by atoms with Crippen molar-refractivity contribution < 1.29 is 9.32 Å². The van der Waals surface area contributed by atoms with E-state index >= 15 is 0 Å². The lowest BCUT2D eigenvalue weighted by Gasteiger charge is -2.17. The zero-order valence-electron chi connectivity index (χ0n) is 14.0. The van der Waals surface area contributed by atoms with Crippen LogP contribution in [0.4, 0.5) is 0 Å². The molecule has 0 saturated carbocycles. The molecular formula is C17H20Cl3N3O2. The van der Waals surface area contributed by atoms with Gasteiger partial charge in [-0.25, -0.2) is 0 Å². The summed E-state index contributed by atoms with van der Waals surface area (Å²) in [5.74, 6) is 0.854. The molecule has 1 amide bonds. The van der Waals surface area contributed by atoms with Crippen LogP contribution in [-0.4, -0.2) is 42.6 Å². The third-order valence-electron chi connectivity index (χ3n) is 4.34. The summed E-state index contributed by atoms with van der Waals surface area (Å²) in [5, 5.41) is 8.10. The van der Waals surface area contributed by atoms with Crippen molar-refractivity contribution in [2.24, 2.45) is 5.92 Å². The van der Waals surface area contributed by atoms with E-state index in [2.05, 4.69) is 10.5 Å². The third kappa shape index (κ3) is 3.95. The molecule has 3 rings (SSSR count). The maximum absolute atomic E-state index is 13.0. The summed E-state index contributed by atoms with van der Waals surface area (Å²) in [4.78, 5) is 14.9. The quantitative estimate of drug-likeness (QED) is 0.835. The fraction of sp³-hybridized carbons (Fsp3) is 0.412. The summed E-state index contributed by atoms with van der Waals surface area (Å²) in [7, 11) is 1.92. The van der Waals surface area contributed by atoms with E-state index in [4.69, 9.17) is 27.7 Å². The van der Waals surface area contributed by atoms with Gasteiger partial charge in [-0.3, -0.25) is 4.79 Å². The van der Waals surface area contributed by atoms with Crippen LogP contribution in [0.3, 0.4) is 0 Å². The monoisotopic (exact) mass is 403 g/mol. The van der Waals surface area contributed by atoms with Gasteiger partial charge in [0.15, 0.2) is 0 Å². The van der Waals surface area contributed by atoms with Crippen LogP contribution in [0.1, 0.15) is 22.5 Å². The van der Waals surface area contributed by atoms with Gasteiger partial charge < -0.3 is 14.7 Å². The number of hydrogen-bond acceptors (Lipinski definition) is 4. The van der Waals surface area contributed by atoms with E-state index in [1.54, 1.807) is 25.1 Å². The van der Waals surface area contributed by atoms with Crippen LogP contribution in [0.15, 0.2) is 22.7 Å². The van der Waals surface area contributed by atoms with Gasteiger partial charge >= 0.3 is 0 Å². The van der Waals surface area contributed by atoms with Crippen LogP contribution >= 0.6 is 35.6 Å². The zero-order chi connectivity index (χ0) is 17.3. The van der Waals surface area contributed by atoms with E-state index in [0.717, 1.165) is 26.1 Å². The average Bonchev–Trinajstić information content (AvgIpc) is 3.14. The molecule has 1 saturated heterocycles. The number of likely N-dealkylation sites (tertiary alicyclic amines) is 1. The SMILES string of the molecule is CNCC1CCN(C(=O)c2c(-c3c(Cl)cccc3Cl)noc2C)C1.Cl. The first-order valence-electron chi connectivity index (χ1n) is 7.87. The fourth-order valence-electron chi connectivity index (χ4n) is 3.15. The summed E-state index contributed by atoms with van der Waals surface area (Å²) >= 11 is 12.5. The van der Waals surface area contributed by atoms with E-state index in [1.165, 1.54) is 0 Å². The smallest absolute Gasteiger partial charge is 0.259 e. The van der Waals surface area contributed by atoms with Crippen molar-refractivity contribution in [3.05, 3.63) is 39.6 Å². The van der Waals surface area contributed by atoms with Crippen molar-refractivity contribution in [3.8, 4) is 11.3 Å². The van der Waals surface area contributed by atoms with Gasteiger partial charge in [0.05, 0.1) is 10.0 Å². The van der Waals surface area contributed by atoms with Gasteiger partial charge in [-0.2, -0.15) is 0 Å². The molecule has 2 aromatic rings. The van der Waals surface area contributed by atoms with E-state index in [-0.39, 0.29) is 18.3 Å². The molecule has 1 atom stereocenters. The molecule has 1 aromatic heterocycles. The summed E-state index contributed by atoms with van der Waals surface area (Å²) in [6, 6.07) is 5.20. The Labute approximate surface area is 163 Å². The molecule has 1 aromatic carbocycles. The lowest BCUT2D eigenvalue weighted by atomic mass is 10.0. The van der Waals surface area contributed by atoms with Gasteiger partial charge in [0.2, 0.25) is 0 Å². The molecule has 1 aliphatic heterocycles. The number of amides is 1. The van der Waals surface area contributed by atoms with Gasteiger partial charge in [-0.05, 0) is 45.0 Å². The standard InChI is InChI=1S/C17H19Cl2N3O2.ClH/c1-10-14(17(23)22-7-6-11(9-22)8-20-2)16(21-24-10)15-12(18)4-3-5-13(15)19;/h3-5,11,20H,6-9H2,1-2H3;1H. The summed E-state index contributed by atoms with van der Waals surface area (Å²) < 4.78 is 5.29. The van der Waals surface area contributed by atoms with Crippen molar-refractivity contribution in [1.82, 2.24) is 15.4 Å². The largest absolute Gasteiger partial charge is 0.360 e. The van der Waals surface area contributed by atoms with Crippen molar-refractivity contribution in [1.29, 1.82) is 0 Å². The second-order valence-electron chi connectivity index (χ2n) is 6.02. The third-order valence-corrected chi connectivity index (χ3v) is 4.97. The Morgan fingerprint density at radius 3 is 2.72 bits per heavy atom.